The maximum Gasteiger partial charge on any atom is 0.222 e. The number of carbonyl (C=O) groups is 1. The first-order valence-electron chi connectivity index (χ1n) is 7.12. The average Bonchev–Trinajstić information content (AvgIpc) is 2.79. The standard InChI is InChI=1S/C15H25ClN2OS/c1-11(2)12(8-9-17)4-7-15(19)18(3)10-13-5-6-14(16)20-13/h5-6,11-12H,4,7-10,17H2,1-3H3. The van der Waals surface area contributed by atoms with Crippen molar-refractivity contribution in [2.45, 2.75) is 39.7 Å². The average molecular weight is 317 g/mol. The SMILES string of the molecule is CC(C)C(CCN)CCC(=O)N(C)Cc1ccc(Cl)s1. The van der Waals surface area contributed by atoms with E-state index in [4.69, 9.17) is 17.3 Å². The summed E-state index contributed by atoms with van der Waals surface area (Å²) < 4.78 is 0.767. The number of rotatable bonds is 8. The lowest BCUT2D eigenvalue weighted by Gasteiger charge is -2.22. The Morgan fingerprint density at radius 1 is 1.40 bits per heavy atom. The molecule has 1 rings (SSSR count). The lowest BCUT2D eigenvalue weighted by molar-refractivity contribution is -0.130. The van der Waals surface area contributed by atoms with Gasteiger partial charge in [0.2, 0.25) is 5.91 Å². The van der Waals surface area contributed by atoms with Crippen LogP contribution >= 0.6 is 22.9 Å². The summed E-state index contributed by atoms with van der Waals surface area (Å²) in [5, 5.41) is 0. The van der Waals surface area contributed by atoms with Crippen molar-refractivity contribution >= 4 is 28.8 Å². The van der Waals surface area contributed by atoms with Gasteiger partial charge in [-0.2, -0.15) is 0 Å². The minimum atomic E-state index is 0.192. The second kappa shape index (κ2) is 8.65. The maximum absolute atomic E-state index is 12.2. The van der Waals surface area contributed by atoms with Gasteiger partial charge >= 0.3 is 0 Å². The molecule has 0 aromatic carbocycles. The molecule has 0 saturated carbocycles. The molecular formula is C15H25ClN2OS. The van der Waals surface area contributed by atoms with Gasteiger partial charge < -0.3 is 10.6 Å². The molecule has 20 heavy (non-hydrogen) atoms. The van der Waals surface area contributed by atoms with Gasteiger partial charge in [-0.15, -0.1) is 11.3 Å². The number of hydrogen-bond donors (Lipinski definition) is 1. The molecule has 1 atom stereocenters. The smallest absolute Gasteiger partial charge is 0.222 e. The molecular weight excluding hydrogens is 292 g/mol. The molecule has 1 heterocycles. The highest BCUT2D eigenvalue weighted by Crippen LogP contribution is 2.24. The van der Waals surface area contributed by atoms with Gasteiger partial charge in [0.1, 0.15) is 0 Å². The molecule has 0 radical (unpaired) electrons. The fraction of sp³-hybridized carbons (Fsp3) is 0.667. The molecule has 0 spiro atoms. The molecule has 0 bridgehead atoms. The predicted molar refractivity (Wildman–Crippen MR) is 87.0 cm³/mol. The molecule has 1 unspecified atom stereocenters. The molecule has 5 heteroatoms. The van der Waals surface area contributed by atoms with E-state index in [1.54, 1.807) is 4.90 Å². The highest BCUT2D eigenvalue weighted by Gasteiger charge is 2.16. The summed E-state index contributed by atoms with van der Waals surface area (Å²) in [6.45, 7) is 5.73. The monoisotopic (exact) mass is 316 g/mol. The molecule has 0 aliphatic carbocycles. The predicted octanol–water partition coefficient (Wildman–Crippen LogP) is 3.76. The van der Waals surface area contributed by atoms with Crippen LogP contribution in [0.1, 0.15) is 38.0 Å². The van der Waals surface area contributed by atoms with Crippen LogP contribution in [0, 0.1) is 11.8 Å². The fourth-order valence-electron chi connectivity index (χ4n) is 2.28. The van der Waals surface area contributed by atoms with E-state index in [0.717, 1.165) is 22.1 Å². The van der Waals surface area contributed by atoms with Gasteiger partial charge in [-0.1, -0.05) is 25.4 Å². The zero-order chi connectivity index (χ0) is 15.1. The van der Waals surface area contributed by atoms with Crippen LogP contribution in [0.15, 0.2) is 12.1 Å². The fourth-order valence-corrected chi connectivity index (χ4v) is 3.42. The topological polar surface area (TPSA) is 46.3 Å². The Morgan fingerprint density at radius 2 is 2.10 bits per heavy atom. The van der Waals surface area contributed by atoms with Crippen molar-refractivity contribution in [1.29, 1.82) is 0 Å². The third kappa shape index (κ3) is 5.81. The summed E-state index contributed by atoms with van der Waals surface area (Å²) in [5.41, 5.74) is 5.63. The summed E-state index contributed by atoms with van der Waals surface area (Å²) in [6, 6.07) is 3.85. The molecule has 2 N–H and O–H groups in total. The second-order valence-electron chi connectivity index (χ2n) is 5.58. The number of amides is 1. The quantitative estimate of drug-likeness (QED) is 0.793. The second-order valence-corrected chi connectivity index (χ2v) is 7.38. The number of carbonyl (C=O) groups excluding carboxylic acids is 1. The van der Waals surface area contributed by atoms with Gasteiger partial charge in [0.05, 0.1) is 10.9 Å². The molecule has 1 aromatic rings. The van der Waals surface area contributed by atoms with E-state index in [2.05, 4.69) is 13.8 Å². The van der Waals surface area contributed by atoms with Crippen LogP contribution in [-0.2, 0) is 11.3 Å². The van der Waals surface area contributed by atoms with E-state index >= 15 is 0 Å². The molecule has 0 aliphatic heterocycles. The van der Waals surface area contributed by atoms with Crippen LogP contribution in [0.25, 0.3) is 0 Å². The number of hydrogen-bond acceptors (Lipinski definition) is 3. The molecule has 114 valence electrons. The van der Waals surface area contributed by atoms with E-state index in [0.29, 0.717) is 31.3 Å². The highest BCUT2D eigenvalue weighted by molar-refractivity contribution is 7.16. The van der Waals surface area contributed by atoms with E-state index in [1.807, 2.05) is 19.2 Å². The first-order valence-corrected chi connectivity index (χ1v) is 8.31. The third-order valence-corrected chi connectivity index (χ3v) is 4.87. The number of halogens is 1. The van der Waals surface area contributed by atoms with Crippen LogP contribution in [0.4, 0.5) is 0 Å². The number of thiophene rings is 1. The van der Waals surface area contributed by atoms with E-state index < -0.39 is 0 Å². The van der Waals surface area contributed by atoms with Crippen LogP contribution < -0.4 is 5.73 Å². The van der Waals surface area contributed by atoms with Crippen LogP contribution in [0.5, 0.6) is 0 Å². The van der Waals surface area contributed by atoms with Gasteiger partial charge in [0.25, 0.3) is 0 Å². The summed E-state index contributed by atoms with van der Waals surface area (Å²) in [4.78, 5) is 15.1. The molecule has 3 nitrogen and oxygen atoms in total. The highest BCUT2D eigenvalue weighted by atomic mass is 35.5. The minimum Gasteiger partial charge on any atom is -0.341 e. The van der Waals surface area contributed by atoms with Gasteiger partial charge in [0, 0.05) is 18.3 Å². The zero-order valence-electron chi connectivity index (χ0n) is 12.6. The minimum absolute atomic E-state index is 0.192. The summed E-state index contributed by atoms with van der Waals surface area (Å²) in [5.74, 6) is 1.30. The Morgan fingerprint density at radius 3 is 2.60 bits per heavy atom. The van der Waals surface area contributed by atoms with E-state index in [-0.39, 0.29) is 5.91 Å². The Kier molecular flexibility index (Phi) is 7.56. The van der Waals surface area contributed by atoms with Crippen molar-refractivity contribution in [2.75, 3.05) is 13.6 Å². The van der Waals surface area contributed by atoms with Crippen molar-refractivity contribution < 1.29 is 4.79 Å². The Hall–Kier alpha value is -0.580. The summed E-state index contributed by atoms with van der Waals surface area (Å²) in [7, 11) is 1.85. The van der Waals surface area contributed by atoms with Crippen molar-refractivity contribution in [1.82, 2.24) is 4.90 Å². The lowest BCUT2D eigenvalue weighted by atomic mass is 9.88. The van der Waals surface area contributed by atoms with Crippen molar-refractivity contribution in [3.05, 3.63) is 21.3 Å². The Bertz CT molecular complexity index is 420. The summed E-state index contributed by atoms with van der Waals surface area (Å²) >= 11 is 7.42. The number of nitrogens with zero attached hydrogens (tertiary/aromatic N) is 1. The third-order valence-electron chi connectivity index (χ3n) is 3.66. The molecule has 0 aliphatic rings. The largest absolute Gasteiger partial charge is 0.341 e. The van der Waals surface area contributed by atoms with E-state index in [9.17, 15) is 4.79 Å². The van der Waals surface area contributed by atoms with Crippen LogP contribution in [0.3, 0.4) is 0 Å². The first-order chi connectivity index (χ1) is 9.43. The van der Waals surface area contributed by atoms with Crippen molar-refractivity contribution in [2.24, 2.45) is 17.6 Å². The van der Waals surface area contributed by atoms with Gasteiger partial charge in [-0.05, 0) is 43.4 Å². The summed E-state index contributed by atoms with van der Waals surface area (Å²) in [6.07, 6.45) is 2.51. The maximum atomic E-state index is 12.2. The number of nitrogens with two attached hydrogens (primary N) is 1. The lowest BCUT2D eigenvalue weighted by Crippen LogP contribution is -2.27. The Labute approximate surface area is 131 Å². The normalized spacial score (nSPS) is 12.7. The van der Waals surface area contributed by atoms with Crippen molar-refractivity contribution in [3.63, 3.8) is 0 Å². The molecule has 0 saturated heterocycles. The van der Waals surface area contributed by atoms with Crippen LogP contribution in [-0.4, -0.2) is 24.4 Å². The van der Waals surface area contributed by atoms with E-state index in [1.165, 1.54) is 11.3 Å². The molecule has 0 fully saturated rings. The van der Waals surface area contributed by atoms with Gasteiger partial charge in [-0.25, -0.2) is 0 Å². The van der Waals surface area contributed by atoms with Gasteiger partial charge in [0.15, 0.2) is 0 Å². The van der Waals surface area contributed by atoms with Crippen LogP contribution in [0.2, 0.25) is 4.34 Å². The molecule has 1 amide bonds. The zero-order valence-corrected chi connectivity index (χ0v) is 14.1. The van der Waals surface area contributed by atoms with Gasteiger partial charge in [-0.3, -0.25) is 4.79 Å². The Balaban J connectivity index is 2.41. The molecule has 1 aromatic heterocycles. The first kappa shape index (κ1) is 17.5. The van der Waals surface area contributed by atoms with Crippen molar-refractivity contribution in [3.8, 4) is 0 Å².